The van der Waals surface area contributed by atoms with Gasteiger partial charge in [0.1, 0.15) is 36.4 Å². The smallest absolute Gasteiger partial charge is 0.373 e. The molecule has 0 radical (unpaired) electrons. The van der Waals surface area contributed by atoms with Gasteiger partial charge in [0.05, 0.1) is 6.20 Å². The SMILES string of the molecule is O=C(O)c1coc(-c2coc(-c3cccc(-c4nc(-c5ncco5)co4)n3)n2)n1.O=C=O. The Labute approximate surface area is 176 Å². The van der Waals surface area contributed by atoms with Crippen LogP contribution < -0.4 is 0 Å². The second-order valence-electron chi connectivity index (χ2n) is 5.75. The van der Waals surface area contributed by atoms with E-state index in [9.17, 15) is 4.79 Å². The minimum absolute atomic E-state index is 0.0249. The number of nitrogens with zero attached hydrogens (tertiary/aromatic N) is 5. The Balaban J connectivity index is 0.000000775. The molecule has 5 aromatic rings. The van der Waals surface area contributed by atoms with Crippen molar-refractivity contribution in [1.82, 2.24) is 24.9 Å². The van der Waals surface area contributed by atoms with Gasteiger partial charge in [-0.25, -0.2) is 29.7 Å². The summed E-state index contributed by atoms with van der Waals surface area (Å²) in [6.07, 6.45) is 6.94. The monoisotopic (exact) mass is 435 g/mol. The molecule has 5 aromatic heterocycles. The van der Waals surface area contributed by atoms with Gasteiger partial charge in [0.2, 0.25) is 23.6 Å². The first-order chi connectivity index (χ1) is 15.6. The number of aromatic carboxylic acids is 1. The third kappa shape index (κ3) is 4.08. The zero-order valence-corrected chi connectivity index (χ0v) is 15.7. The maximum atomic E-state index is 10.9. The number of carboxylic acid groups (broad SMARTS) is 1. The first-order valence-electron chi connectivity index (χ1n) is 8.56. The maximum Gasteiger partial charge on any atom is 0.373 e. The van der Waals surface area contributed by atoms with Crippen LogP contribution in [0.5, 0.6) is 0 Å². The van der Waals surface area contributed by atoms with Crippen molar-refractivity contribution in [2.24, 2.45) is 0 Å². The van der Waals surface area contributed by atoms with E-state index in [4.69, 9.17) is 32.4 Å². The van der Waals surface area contributed by atoms with E-state index in [1.165, 1.54) is 25.0 Å². The number of rotatable bonds is 5. The van der Waals surface area contributed by atoms with Crippen molar-refractivity contribution < 1.29 is 37.2 Å². The molecule has 0 aliphatic carbocycles. The first-order valence-corrected chi connectivity index (χ1v) is 8.56. The Morgan fingerprint density at radius 1 is 0.750 bits per heavy atom. The van der Waals surface area contributed by atoms with Crippen LogP contribution in [-0.4, -0.2) is 42.1 Å². The van der Waals surface area contributed by atoms with Crippen LogP contribution in [0.25, 0.3) is 46.3 Å². The van der Waals surface area contributed by atoms with Crippen molar-refractivity contribution in [3.05, 3.63) is 55.1 Å². The van der Waals surface area contributed by atoms with Gasteiger partial charge in [-0.05, 0) is 12.1 Å². The average molecular weight is 435 g/mol. The number of hydrogen-bond donors (Lipinski definition) is 1. The van der Waals surface area contributed by atoms with E-state index in [1.54, 1.807) is 18.2 Å². The number of carbonyl (C=O) groups excluding carboxylic acids is 2. The van der Waals surface area contributed by atoms with Gasteiger partial charge in [-0.15, -0.1) is 0 Å². The maximum absolute atomic E-state index is 10.9. The van der Waals surface area contributed by atoms with Crippen LogP contribution >= 0.6 is 0 Å². The van der Waals surface area contributed by atoms with E-state index < -0.39 is 5.97 Å². The summed E-state index contributed by atoms with van der Waals surface area (Å²) in [6, 6.07) is 5.14. The number of oxazole rings is 4. The van der Waals surface area contributed by atoms with Crippen molar-refractivity contribution in [3.8, 4) is 46.3 Å². The predicted octanol–water partition coefficient (Wildman–Crippen LogP) is 2.82. The van der Waals surface area contributed by atoms with Gasteiger partial charge >= 0.3 is 12.1 Å². The van der Waals surface area contributed by atoms with Gasteiger partial charge in [-0.3, -0.25) is 0 Å². The van der Waals surface area contributed by atoms with Crippen LogP contribution in [0.2, 0.25) is 0 Å². The lowest BCUT2D eigenvalue weighted by molar-refractivity contribution is -0.191. The molecule has 0 aromatic carbocycles. The van der Waals surface area contributed by atoms with Gasteiger partial charge in [0, 0.05) is 0 Å². The van der Waals surface area contributed by atoms with Crippen LogP contribution in [0, 0.1) is 0 Å². The van der Waals surface area contributed by atoms with Crippen molar-refractivity contribution in [2.75, 3.05) is 0 Å². The molecule has 158 valence electrons. The molecule has 0 saturated carbocycles. The van der Waals surface area contributed by atoms with E-state index in [-0.39, 0.29) is 35.2 Å². The van der Waals surface area contributed by atoms with Crippen molar-refractivity contribution in [2.45, 2.75) is 0 Å². The van der Waals surface area contributed by atoms with Crippen LogP contribution in [0.3, 0.4) is 0 Å². The number of pyridine rings is 1. The Kier molecular flexibility index (Phi) is 5.46. The van der Waals surface area contributed by atoms with Gasteiger partial charge in [0.25, 0.3) is 0 Å². The van der Waals surface area contributed by atoms with Gasteiger partial charge in [0.15, 0.2) is 17.1 Å². The topological polar surface area (TPSA) is 188 Å². The summed E-state index contributed by atoms with van der Waals surface area (Å²) in [5, 5.41) is 8.93. The number of aromatic nitrogens is 5. The predicted molar refractivity (Wildman–Crippen MR) is 98.2 cm³/mol. The van der Waals surface area contributed by atoms with Gasteiger partial charge < -0.3 is 22.8 Å². The van der Waals surface area contributed by atoms with Crippen molar-refractivity contribution >= 4 is 12.1 Å². The quantitative estimate of drug-likeness (QED) is 0.424. The molecule has 0 amide bonds. The molecule has 0 aliphatic rings. The van der Waals surface area contributed by atoms with Crippen molar-refractivity contribution in [3.63, 3.8) is 0 Å². The highest BCUT2D eigenvalue weighted by atomic mass is 16.4. The molecule has 1 N–H and O–H groups in total. The van der Waals surface area contributed by atoms with E-state index >= 15 is 0 Å². The number of hydrogen-bond acceptors (Lipinski definition) is 12. The molecule has 0 saturated heterocycles. The molecular weight excluding hydrogens is 426 g/mol. The van der Waals surface area contributed by atoms with Crippen LogP contribution in [-0.2, 0) is 9.59 Å². The highest BCUT2D eigenvalue weighted by molar-refractivity contribution is 5.85. The summed E-state index contributed by atoms with van der Waals surface area (Å²) < 4.78 is 21.2. The van der Waals surface area contributed by atoms with Crippen molar-refractivity contribution in [1.29, 1.82) is 0 Å². The fourth-order valence-corrected chi connectivity index (χ4v) is 2.49. The zero-order chi connectivity index (χ0) is 22.5. The Hall–Kier alpha value is -5.16. The lowest BCUT2D eigenvalue weighted by atomic mass is 10.3. The average Bonchev–Trinajstić information content (AvgIpc) is 3.60. The van der Waals surface area contributed by atoms with E-state index in [0.717, 1.165) is 6.26 Å². The Bertz CT molecular complexity index is 1390. The molecule has 13 nitrogen and oxygen atoms in total. The third-order valence-corrected chi connectivity index (χ3v) is 3.79. The zero-order valence-electron chi connectivity index (χ0n) is 15.7. The molecule has 5 rings (SSSR count). The normalized spacial score (nSPS) is 10.2. The molecule has 5 heterocycles. The molecule has 0 spiro atoms. The van der Waals surface area contributed by atoms with E-state index in [1.807, 2.05) is 0 Å². The molecular formula is C19H9N5O8. The molecule has 0 aliphatic heterocycles. The lowest BCUT2D eigenvalue weighted by Gasteiger charge is -1.97. The fraction of sp³-hybridized carbons (Fsp3) is 0. The summed E-state index contributed by atoms with van der Waals surface area (Å²) in [5.74, 6) is -0.382. The summed E-state index contributed by atoms with van der Waals surface area (Å²) in [5.41, 5.74) is 1.31. The van der Waals surface area contributed by atoms with E-state index in [2.05, 4.69) is 24.9 Å². The van der Waals surface area contributed by atoms with Crippen LogP contribution in [0.4, 0.5) is 0 Å². The van der Waals surface area contributed by atoms with E-state index in [0.29, 0.717) is 23.0 Å². The highest BCUT2D eigenvalue weighted by Gasteiger charge is 2.18. The highest BCUT2D eigenvalue weighted by Crippen LogP contribution is 2.26. The van der Waals surface area contributed by atoms with Gasteiger partial charge in [-0.1, -0.05) is 6.07 Å². The first kappa shape index (κ1) is 20.1. The fourth-order valence-electron chi connectivity index (χ4n) is 2.49. The van der Waals surface area contributed by atoms with Crippen LogP contribution in [0.1, 0.15) is 10.5 Å². The van der Waals surface area contributed by atoms with Gasteiger partial charge in [-0.2, -0.15) is 9.59 Å². The molecule has 0 fully saturated rings. The Morgan fingerprint density at radius 3 is 1.84 bits per heavy atom. The Morgan fingerprint density at radius 2 is 1.31 bits per heavy atom. The summed E-state index contributed by atoms with van der Waals surface area (Å²) in [6.45, 7) is 0. The largest absolute Gasteiger partial charge is 0.476 e. The lowest BCUT2D eigenvalue weighted by Crippen LogP contribution is -1.95. The minimum Gasteiger partial charge on any atom is -0.476 e. The number of carbonyl (C=O) groups is 1. The standard InChI is InChI=1S/C18H9N5O6.CO2/c24-18(25)13-8-29-17(23-13)12-7-28-16(22-12)10-3-1-2-9(20-10)15-21-11(6-27-15)14-19-4-5-26-14;2-1-3/h1-8H,(H,24,25);. The molecule has 13 heteroatoms. The second-order valence-corrected chi connectivity index (χ2v) is 5.75. The number of carboxylic acids is 1. The van der Waals surface area contributed by atoms with Crippen LogP contribution in [0.15, 0.2) is 67.1 Å². The summed E-state index contributed by atoms with van der Waals surface area (Å²) in [7, 11) is 0. The molecule has 0 unspecified atom stereocenters. The minimum atomic E-state index is -1.20. The molecule has 32 heavy (non-hydrogen) atoms. The second kappa shape index (κ2) is 8.69. The summed E-state index contributed by atoms with van der Waals surface area (Å²) >= 11 is 0. The summed E-state index contributed by atoms with van der Waals surface area (Å²) in [4.78, 5) is 48.0. The third-order valence-electron chi connectivity index (χ3n) is 3.79. The molecule has 0 bridgehead atoms. The molecule has 0 atom stereocenters.